The van der Waals surface area contributed by atoms with Gasteiger partial charge in [-0.25, -0.2) is 4.85 Å². The molecule has 6 aromatic rings. The molecular formula is C36H21N5. The molecule has 0 amide bonds. The molecule has 0 unspecified atom stereocenters. The second kappa shape index (κ2) is 10.9. The topological polar surface area (TPSA) is 68.1 Å². The number of nitriles is 2. The lowest BCUT2D eigenvalue weighted by Crippen LogP contribution is -2.10. The number of aromatic nitrogens is 1. The van der Waals surface area contributed by atoms with Gasteiger partial charge < -0.3 is 4.90 Å². The number of nitrogens with zero attached hydrogens (tertiary/aromatic N) is 5. The molecule has 0 N–H and O–H groups in total. The first-order valence-corrected chi connectivity index (χ1v) is 12.9. The number of benzene rings is 5. The fraction of sp³-hybridized carbons (Fsp3) is 0. The lowest BCUT2D eigenvalue weighted by Gasteiger charge is -2.27. The standard InChI is InChI=1S/C36H21N5/c1-39-31-21-25(23-37)20-30(22-31)27-8-13-33(14-9-27)41(32-11-6-26(7-12-32)28-16-18-40-19-17-28)36-15-10-29(24-38)34-4-2-3-5-35(34)36/h2-22H. The molecule has 0 bridgehead atoms. The first-order chi connectivity index (χ1) is 20.2. The summed E-state index contributed by atoms with van der Waals surface area (Å²) >= 11 is 0. The van der Waals surface area contributed by atoms with Crippen LogP contribution in [-0.2, 0) is 0 Å². The van der Waals surface area contributed by atoms with Crippen LogP contribution in [0.2, 0.25) is 0 Å². The molecule has 5 nitrogen and oxygen atoms in total. The average Bonchev–Trinajstić information content (AvgIpc) is 3.05. The van der Waals surface area contributed by atoms with Gasteiger partial charge in [0.05, 0.1) is 30.0 Å². The van der Waals surface area contributed by atoms with Crippen molar-refractivity contribution >= 4 is 33.5 Å². The van der Waals surface area contributed by atoms with E-state index in [1.807, 2.05) is 72.8 Å². The van der Waals surface area contributed by atoms with Gasteiger partial charge >= 0.3 is 0 Å². The van der Waals surface area contributed by atoms with Crippen LogP contribution in [0.25, 0.3) is 37.9 Å². The maximum absolute atomic E-state index is 9.74. The van der Waals surface area contributed by atoms with Crippen LogP contribution in [0.3, 0.4) is 0 Å². The second-order valence-corrected chi connectivity index (χ2v) is 9.45. The Kier molecular flexibility index (Phi) is 6.65. The molecule has 0 aliphatic heterocycles. The average molecular weight is 524 g/mol. The smallest absolute Gasteiger partial charge is 0.189 e. The molecule has 0 aliphatic carbocycles. The van der Waals surface area contributed by atoms with Crippen LogP contribution in [0, 0.1) is 29.2 Å². The highest BCUT2D eigenvalue weighted by Crippen LogP contribution is 2.41. The van der Waals surface area contributed by atoms with Gasteiger partial charge in [-0.2, -0.15) is 10.5 Å². The number of hydrogen-bond acceptors (Lipinski definition) is 4. The molecular weight excluding hydrogens is 502 g/mol. The molecule has 6 rings (SSSR count). The Bertz CT molecular complexity index is 1980. The fourth-order valence-electron chi connectivity index (χ4n) is 5.06. The lowest BCUT2D eigenvalue weighted by molar-refractivity contribution is 1.29. The summed E-state index contributed by atoms with van der Waals surface area (Å²) in [6.45, 7) is 7.41. The van der Waals surface area contributed by atoms with E-state index in [1.165, 1.54) is 0 Å². The molecule has 0 saturated carbocycles. The van der Waals surface area contributed by atoms with Crippen LogP contribution in [0.5, 0.6) is 0 Å². The fourth-order valence-corrected chi connectivity index (χ4v) is 5.06. The molecule has 1 heterocycles. The van der Waals surface area contributed by atoms with Gasteiger partial charge in [-0.05, 0) is 89.0 Å². The van der Waals surface area contributed by atoms with E-state index < -0.39 is 0 Å². The highest BCUT2D eigenvalue weighted by molar-refractivity contribution is 6.01. The molecule has 0 radical (unpaired) electrons. The van der Waals surface area contributed by atoms with Crippen LogP contribution < -0.4 is 4.90 Å². The highest BCUT2D eigenvalue weighted by Gasteiger charge is 2.17. The minimum absolute atomic E-state index is 0.433. The van der Waals surface area contributed by atoms with Crippen LogP contribution in [-0.4, -0.2) is 4.98 Å². The monoisotopic (exact) mass is 523 g/mol. The van der Waals surface area contributed by atoms with E-state index in [1.54, 1.807) is 30.6 Å². The maximum Gasteiger partial charge on any atom is 0.189 e. The van der Waals surface area contributed by atoms with E-state index in [4.69, 9.17) is 6.57 Å². The summed E-state index contributed by atoms with van der Waals surface area (Å²) < 4.78 is 0. The first-order valence-electron chi connectivity index (χ1n) is 12.9. The van der Waals surface area contributed by atoms with E-state index in [0.29, 0.717) is 16.8 Å². The van der Waals surface area contributed by atoms with Crippen molar-refractivity contribution in [3.63, 3.8) is 0 Å². The summed E-state index contributed by atoms with van der Waals surface area (Å²) in [5.74, 6) is 0. The molecule has 5 aromatic carbocycles. The van der Waals surface area contributed by atoms with Crippen molar-refractivity contribution < 1.29 is 0 Å². The summed E-state index contributed by atoms with van der Waals surface area (Å²) in [5.41, 5.74) is 8.27. The number of hydrogen-bond donors (Lipinski definition) is 0. The predicted molar refractivity (Wildman–Crippen MR) is 163 cm³/mol. The van der Waals surface area contributed by atoms with Crippen molar-refractivity contribution in [2.24, 2.45) is 0 Å². The second-order valence-electron chi connectivity index (χ2n) is 9.45. The number of pyridine rings is 1. The van der Waals surface area contributed by atoms with E-state index in [-0.39, 0.29) is 0 Å². The molecule has 0 saturated heterocycles. The van der Waals surface area contributed by atoms with E-state index in [2.05, 4.69) is 51.1 Å². The van der Waals surface area contributed by atoms with Crippen LogP contribution in [0.15, 0.2) is 128 Å². The summed E-state index contributed by atoms with van der Waals surface area (Å²) in [5, 5.41) is 21.0. The number of anilines is 3. The van der Waals surface area contributed by atoms with Gasteiger partial charge in [0, 0.05) is 40.1 Å². The Morgan fingerprint density at radius 1 is 0.610 bits per heavy atom. The normalized spacial score (nSPS) is 10.4. The summed E-state index contributed by atoms with van der Waals surface area (Å²) in [4.78, 5) is 9.83. The van der Waals surface area contributed by atoms with Gasteiger partial charge in [0.25, 0.3) is 0 Å². The number of rotatable bonds is 5. The Hall–Kier alpha value is -6.22. The van der Waals surface area contributed by atoms with Gasteiger partial charge in [-0.15, -0.1) is 0 Å². The predicted octanol–water partition coefficient (Wildman–Crippen LogP) is 9.33. The molecule has 0 atom stereocenters. The van der Waals surface area contributed by atoms with Crippen molar-refractivity contribution in [3.8, 4) is 34.4 Å². The minimum Gasteiger partial charge on any atom is -0.310 e. The van der Waals surface area contributed by atoms with Crippen molar-refractivity contribution in [3.05, 3.63) is 150 Å². The Morgan fingerprint density at radius 3 is 1.83 bits per heavy atom. The minimum atomic E-state index is 0.433. The first kappa shape index (κ1) is 25.1. The van der Waals surface area contributed by atoms with Gasteiger partial charge in [0.1, 0.15) is 0 Å². The summed E-state index contributed by atoms with van der Waals surface area (Å²) in [6.07, 6.45) is 3.57. The van der Waals surface area contributed by atoms with Crippen LogP contribution in [0.1, 0.15) is 11.1 Å². The molecule has 41 heavy (non-hydrogen) atoms. The quantitative estimate of drug-likeness (QED) is 0.211. The third kappa shape index (κ3) is 4.86. The van der Waals surface area contributed by atoms with Crippen LogP contribution in [0.4, 0.5) is 22.7 Å². The highest BCUT2D eigenvalue weighted by atomic mass is 15.1. The third-order valence-corrected chi connectivity index (χ3v) is 7.04. The SMILES string of the molecule is [C-]#[N+]c1cc(C#N)cc(-c2ccc(N(c3ccc(-c4ccncc4)cc3)c3ccc(C#N)c4ccccc34)cc2)c1. The molecule has 1 aromatic heterocycles. The van der Waals surface area contributed by atoms with Gasteiger partial charge in [0.15, 0.2) is 5.69 Å². The van der Waals surface area contributed by atoms with Crippen LogP contribution >= 0.6 is 0 Å². The van der Waals surface area contributed by atoms with Gasteiger partial charge in [-0.3, -0.25) is 4.98 Å². The zero-order valence-corrected chi connectivity index (χ0v) is 21.9. The van der Waals surface area contributed by atoms with Crippen molar-refractivity contribution in [2.45, 2.75) is 0 Å². The Balaban J connectivity index is 1.49. The van der Waals surface area contributed by atoms with E-state index >= 15 is 0 Å². The molecule has 5 heteroatoms. The lowest BCUT2D eigenvalue weighted by atomic mass is 10.00. The summed E-state index contributed by atoms with van der Waals surface area (Å²) in [7, 11) is 0. The zero-order valence-electron chi connectivity index (χ0n) is 21.9. The maximum atomic E-state index is 9.74. The van der Waals surface area contributed by atoms with E-state index in [9.17, 15) is 10.5 Å². The molecule has 0 fully saturated rings. The molecule has 0 spiro atoms. The van der Waals surface area contributed by atoms with Crippen molar-refractivity contribution in [2.75, 3.05) is 4.90 Å². The Labute approximate surface area is 238 Å². The van der Waals surface area contributed by atoms with Gasteiger partial charge in [-0.1, -0.05) is 48.5 Å². The van der Waals surface area contributed by atoms with Crippen molar-refractivity contribution in [1.82, 2.24) is 4.98 Å². The number of fused-ring (bicyclic) bond motifs is 1. The van der Waals surface area contributed by atoms with Gasteiger partial charge in [0.2, 0.25) is 0 Å². The zero-order chi connectivity index (χ0) is 28.2. The molecule has 190 valence electrons. The third-order valence-electron chi connectivity index (χ3n) is 7.04. The largest absolute Gasteiger partial charge is 0.310 e. The van der Waals surface area contributed by atoms with E-state index in [0.717, 1.165) is 50.1 Å². The van der Waals surface area contributed by atoms with Crippen molar-refractivity contribution in [1.29, 1.82) is 10.5 Å². The summed E-state index contributed by atoms with van der Waals surface area (Å²) in [6, 6.07) is 41.9. The molecule has 0 aliphatic rings. The Morgan fingerprint density at radius 2 is 1.22 bits per heavy atom.